The molecule has 0 fully saturated rings. The molecule has 0 saturated heterocycles. The van der Waals surface area contributed by atoms with Crippen molar-refractivity contribution in [2.45, 2.75) is 113 Å². The minimum atomic E-state index is -0.540. The van der Waals surface area contributed by atoms with Crippen LogP contribution >= 0.6 is 0 Å². The van der Waals surface area contributed by atoms with Gasteiger partial charge in [-0.15, -0.1) is 0 Å². The summed E-state index contributed by atoms with van der Waals surface area (Å²) in [4.78, 5) is 13.3. The largest absolute Gasteiger partial charge is 0.496 e. The SMILES string of the molecule is CCC(CC)(CC)CC(OCCOC1=CC=CCC1)OC(=O)C(C)(CC)CC(C)(C)C. The van der Waals surface area contributed by atoms with Gasteiger partial charge in [0, 0.05) is 12.8 Å². The van der Waals surface area contributed by atoms with Gasteiger partial charge in [-0.05, 0) is 43.1 Å². The van der Waals surface area contributed by atoms with E-state index in [1.807, 2.05) is 19.1 Å². The molecule has 0 aromatic carbocycles. The molecule has 1 aliphatic rings. The molecule has 2 unspecified atom stereocenters. The van der Waals surface area contributed by atoms with E-state index >= 15 is 0 Å². The highest BCUT2D eigenvalue weighted by Gasteiger charge is 2.39. The number of ether oxygens (including phenoxy) is 3. The number of hydrogen-bond donors (Lipinski definition) is 0. The van der Waals surface area contributed by atoms with Gasteiger partial charge in [0.2, 0.25) is 6.29 Å². The summed E-state index contributed by atoms with van der Waals surface area (Å²) < 4.78 is 18.0. The van der Waals surface area contributed by atoms with Gasteiger partial charge in [-0.1, -0.05) is 79.9 Å². The van der Waals surface area contributed by atoms with E-state index in [2.05, 4.69) is 54.5 Å². The molecule has 180 valence electrons. The Balaban J connectivity index is 2.83. The Hall–Kier alpha value is -1.29. The first-order chi connectivity index (χ1) is 14.5. The zero-order chi connectivity index (χ0) is 23.5. The van der Waals surface area contributed by atoms with E-state index in [0.29, 0.717) is 13.2 Å². The third-order valence-corrected chi connectivity index (χ3v) is 6.93. The van der Waals surface area contributed by atoms with E-state index < -0.39 is 11.7 Å². The summed E-state index contributed by atoms with van der Waals surface area (Å²) >= 11 is 0. The van der Waals surface area contributed by atoms with Crippen LogP contribution in [0.4, 0.5) is 0 Å². The Kier molecular flexibility index (Phi) is 11.3. The van der Waals surface area contributed by atoms with Crippen molar-refractivity contribution in [3.63, 3.8) is 0 Å². The number of rotatable bonds is 14. The van der Waals surface area contributed by atoms with E-state index in [9.17, 15) is 4.79 Å². The normalized spacial score (nSPS) is 17.6. The molecule has 0 spiro atoms. The number of carbonyl (C=O) groups is 1. The average molecular weight is 437 g/mol. The van der Waals surface area contributed by atoms with E-state index in [1.165, 1.54) is 0 Å². The molecule has 0 radical (unpaired) electrons. The van der Waals surface area contributed by atoms with Gasteiger partial charge in [0.05, 0.1) is 17.8 Å². The maximum absolute atomic E-state index is 13.3. The van der Waals surface area contributed by atoms with Crippen LogP contribution in [-0.2, 0) is 19.0 Å². The molecule has 0 aliphatic heterocycles. The maximum Gasteiger partial charge on any atom is 0.314 e. The minimum absolute atomic E-state index is 0.0517. The first kappa shape index (κ1) is 27.7. The highest BCUT2D eigenvalue weighted by molar-refractivity contribution is 5.76. The van der Waals surface area contributed by atoms with Crippen molar-refractivity contribution in [2.24, 2.45) is 16.2 Å². The highest BCUT2D eigenvalue weighted by Crippen LogP contribution is 2.40. The topological polar surface area (TPSA) is 44.8 Å². The predicted octanol–water partition coefficient (Wildman–Crippen LogP) is 7.58. The highest BCUT2D eigenvalue weighted by atomic mass is 16.7. The van der Waals surface area contributed by atoms with Crippen LogP contribution in [0, 0.1) is 16.2 Å². The van der Waals surface area contributed by atoms with E-state index in [-0.39, 0.29) is 16.8 Å². The van der Waals surface area contributed by atoms with E-state index in [4.69, 9.17) is 14.2 Å². The minimum Gasteiger partial charge on any atom is -0.496 e. The number of carbonyl (C=O) groups excluding carboxylic acids is 1. The molecule has 0 saturated carbocycles. The molecule has 1 aliphatic carbocycles. The van der Waals surface area contributed by atoms with Crippen LogP contribution in [0.1, 0.15) is 107 Å². The number of allylic oxidation sites excluding steroid dienone is 4. The zero-order valence-electron chi connectivity index (χ0n) is 21.5. The Bertz CT molecular complexity index is 587. The van der Waals surface area contributed by atoms with Crippen LogP contribution in [0.3, 0.4) is 0 Å². The Morgan fingerprint density at radius 2 is 1.65 bits per heavy atom. The fourth-order valence-corrected chi connectivity index (χ4v) is 4.50. The third kappa shape index (κ3) is 9.39. The van der Waals surface area contributed by atoms with Crippen LogP contribution in [0.15, 0.2) is 24.0 Å². The molecule has 0 aromatic heterocycles. The molecule has 0 amide bonds. The molecule has 0 heterocycles. The molecule has 0 N–H and O–H groups in total. The second-order valence-corrected chi connectivity index (χ2v) is 10.6. The van der Waals surface area contributed by atoms with Gasteiger partial charge in [-0.2, -0.15) is 0 Å². The summed E-state index contributed by atoms with van der Waals surface area (Å²) in [7, 11) is 0. The second kappa shape index (κ2) is 12.7. The predicted molar refractivity (Wildman–Crippen MR) is 129 cm³/mol. The zero-order valence-corrected chi connectivity index (χ0v) is 21.5. The molecule has 0 bridgehead atoms. The van der Waals surface area contributed by atoms with Crippen LogP contribution < -0.4 is 0 Å². The molecule has 1 rings (SSSR count). The molecule has 31 heavy (non-hydrogen) atoms. The van der Waals surface area contributed by atoms with Crippen molar-refractivity contribution in [2.75, 3.05) is 13.2 Å². The number of esters is 1. The van der Waals surface area contributed by atoms with Gasteiger partial charge in [0.25, 0.3) is 0 Å². The lowest BCUT2D eigenvalue weighted by Gasteiger charge is -2.37. The average Bonchev–Trinajstić information content (AvgIpc) is 2.74. The lowest BCUT2D eigenvalue weighted by molar-refractivity contribution is -0.200. The molecule has 2 atom stereocenters. The second-order valence-electron chi connectivity index (χ2n) is 10.6. The van der Waals surface area contributed by atoms with Gasteiger partial charge >= 0.3 is 5.97 Å². The Morgan fingerprint density at radius 3 is 2.13 bits per heavy atom. The molecule has 4 nitrogen and oxygen atoms in total. The van der Waals surface area contributed by atoms with Gasteiger partial charge in [-0.25, -0.2) is 0 Å². The quantitative estimate of drug-likeness (QED) is 0.160. The fraction of sp³-hybridized carbons (Fsp3) is 0.815. The van der Waals surface area contributed by atoms with Crippen LogP contribution in [0.2, 0.25) is 0 Å². The molecular weight excluding hydrogens is 388 g/mol. The summed E-state index contributed by atoms with van der Waals surface area (Å²) in [6.07, 6.45) is 13.0. The molecular formula is C27H48O4. The van der Waals surface area contributed by atoms with Crippen LogP contribution in [0.5, 0.6) is 0 Å². The summed E-state index contributed by atoms with van der Waals surface area (Å²) in [5.41, 5.74) is -0.339. The summed E-state index contributed by atoms with van der Waals surface area (Å²) in [6.45, 7) is 18.1. The molecule has 4 heteroatoms. The van der Waals surface area contributed by atoms with Crippen molar-refractivity contribution in [3.8, 4) is 0 Å². The van der Waals surface area contributed by atoms with Crippen molar-refractivity contribution < 1.29 is 19.0 Å². The third-order valence-electron chi connectivity index (χ3n) is 6.93. The summed E-state index contributed by atoms with van der Waals surface area (Å²) in [5.74, 6) is 0.849. The first-order valence-corrected chi connectivity index (χ1v) is 12.3. The number of hydrogen-bond acceptors (Lipinski definition) is 4. The summed E-state index contributed by atoms with van der Waals surface area (Å²) in [5, 5.41) is 0. The van der Waals surface area contributed by atoms with Gasteiger partial charge in [-0.3, -0.25) is 4.79 Å². The Labute approximate surface area is 191 Å². The van der Waals surface area contributed by atoms with Crippen molar-refractivity contribution in [1.82, 2.24) is 0 Å². The van der Waals surface area contributed by atoms with Crippen LogP contribution in [0.25, 0.3) is 0 Å². The molecule has 0 aromatic rings. The van der Waals surface area contributed by atoms with Gasteiger partial charge in [0.1, 0.15) is 6.61 Å². The van der Waals surface area contributed by atoms with Crippen molar-refractivity contribution in [3.05, 3.63) is 24.0 Å². The lowest BCUT2D eigenvalue weighted by atomic mass is 9.73. The van der Waals surface area contributed by atoms with Crippen LogP contribution in [-0.4, -0.2) is 25.5 Å². The van der Waals surface area contributed by atoms with Gasteiger partial charge < -0.3 is 14.2 Å². The Morgan fingerprint density at radius 1 is 1.00 bits per heavy atom. The smallest absolute Gasteiger partial charge is 0.314 e. The first-order valence-electron chi connectivity index (χ1n) is 12.3. The van der Waals surface area contributed by atoms with Gasteiger partial charge in [0.15, 0.2) is 0 Å². The standard InChI is InChI=1S/C27H48O4/c1-9-26(8,21-25(5,6)7)24(28)31-23(20-27(10-2,11-3)12-4)30-19-18-29-22-16-14-13-15-17-22/h13-14,16,23H,9-12,15,17-21H2,1-8H3. The summed E-state index contributed by atoms with van der Waals surface area (Å²) in [6, 6.07) is 0. The van der Waals surface area contributed by atoms with E-state index in [1.54, 1.807) is 0 Å². The van der Waals surface area contributed by atoms with Crippen molar-refractivity contribution >= 4 is 5.97 Å². The fourth-order valence-electron chi connectivity index (χ4n) is 4.50. The maximum atomic E-state index is 13.3. The lowest BCUT2D eigenvalue weighted by Crippen LogP contribution is -2.38. The van der Waals surface area contributed by atoms with E-state index in [0.717, 1.165) is 57.1 Å². The van der Waals surface area contributed by atoms with Crippen molar-refractivity contribution in [1.29, 1.82) is 0 Å². The monoisotopic (exact) mass is 436 g/mol.